The Labute approximate surface area is 122 Å². The number of likely N-dealkylation sites (N-methyl/N-ethyl adjacent to an activating group) is 1. The van der Waals surface area contributed by atoms with Crippen LogP contribution in [0.1, 0.15) is 11.3 Å². The predicted octanol–water partition coefficient (Wildman–Crippen LogP) is -0.0468. The van der Waals surface area contributed by atoms with E-state index in [2.05, 4.69) is 10.1 Å². The summed E-state index contributed by atoms with van der Waals surface area (Å²) in [5.74, 6) is 0. The summed E-state index contributed by atoms with van der Waals surface area (Å²) >= 11 is 0. The van der Waals surface area contributed by atoms with Crippen molar-refractivity contribution in [3.05, 3.63) is 52.2 Å². The molecular weight excluding hydrogens is 268 g/mol. The number of anilines is 1. The monoisotopic (exact) mass is 284 g/mol. The minimum Gasteiger partial charge on any atom is -0.372 e. The van der Waals surface area contributed by atoms with E-state index >= 15 is 0 Å². The summed E-state index contributed by atoms with van der Waals surface area (Å²) in [5, 5.41) is 13.1. The third kappa shape index (κ3) is 3.43. The van der Waals surface area contributed by atoms with E-state index in [1.807, 2.05) is 18.0 Å². The highest BCUT2D eigenvalue weighted by Gasteiger charge is 2.07. The number of aromatic nitrogens is 3. The number of hydrogen-bond donors (Lipinski definition) is 1. The van der Waals surface area contributed by atoms with Crippen LogP contribution in [0, 0.1) is 11.3 Å². The number of nitrogens with zero attached hydrogens (tertiary/aromatic N) is 5. The molecule has 0 unspecified atom stereocenters. The summed E-state index contributed by atoms with van der Waals surface area (Å²) in [6.07, 6.45) is 3.16. The Kier molecular flexibility index (Phi) is 4.64. The van der Waals surface area contributed by atoms with E-state index in [9.17, 15) is 4.79 Å². The fourth-order valence-corrected chi connectivity index (χ4v) is 1.90. The van der Waals surface area contributed by atoms with Crippen LogP contribution in [0.3, 0.4) is 0 Å². The van der Waals surface area contributed by atoms with Gasteiger partial charge >= 0.3 is 0 Å². The van der Waals surface area contributed by atoms with Crippen LogP contribution in [0.25, 0.3) is 0 Å². The number of hydrogen-bond acceptors (Lipinski definition) is 6. The predicted molar refractivity (Wildman–Crippen MR) is 78.9 cm³/mol. The molecule has 0 aliphatic heterocycles. The molecule has 0 atom stereocenters. The van der Waals surface area contributed by atoms with Crippen molar-refractivity contribution in [2.45, 2.75) is 6.54 Å². The molecule has 2 heterocycles. The van der Waals surface area contributed by atoms with Gasteiger partial charge in [0.05, 0.1) is 18.4 Å². The van der Waals surface area contributed by atoms with E-state index in [0.29, 0.717) is 30.0 Å². The molecule has 0 spiro atoms. The second-order valence-electron chi connectivity index (χ2n) is 4.54. The Balaban J connectivity index is 2.26. The standard InChI is InChI=1S/C14H16N6O/c1-19(6-4-15)12-7-14(21)20(18-9-12)10-11-3-2-5-17-13(11)8-16/h2-3,5,7,9H,4,6,10,15H2,1H3. The van der Waals surface area contributed by atoms with Crippen LogP contribution in [0.15, 0.2) is 35.4 Å². The quantitative estimate of drug-likeness (QED) is 0.826. The molecule has 0 aliphatic rings. The van der Waals surface area contributed by atoms with Gasteiger partial charge in [-0.05, 0) is 6.07 Å². The van der Waals surface area contributed by atoms with Gasteiger partial charge in [0, 0.05) is 38.0 Å². The van der Waals surface area contributed by atoms with Crippen molar-refractivity contribution in [1.29, 1.82) is 5.26 Å². The van der Waals surface area contributed by atoms with Crippen molar-refractivity contribution in [3.8, 4) is 6.07 Å². The molecule has 2 aromatic heterocycles. The first kappa shape index (κ1) is 14.7. The second-order valence-corrected chi connectivity index (χ2v) is 4.54. The molecule has 108 valence electrons. The molecule has 0 amide bonds. The molecule has 2 aromatic rings. The molecule has 0 saturated carbocycles. The van der Waals surface area contributed by atoms with Crippen LogP contribution in [0.2, 0.25) is 0 Å². The Morgan fingerprint density at radius 1 is 1.52 bits per heavy atom. The summed E-state index contributed by atoms with van der Waals surface area (Å²) in [6.45, 7) is 1.36. The van der Waals surface area contributed by atoms with Crippen molar-refractivity contribution in [2.75, 3.05) is 25.0 Å². The van der Waals surface area contributed by atoms with E-state index in [1.165, 1.54) is 10.7 Å². The van der Waals surface area contributed by atoms with Crippen molar-refractivity contribution < 1.29 is 0 Å². The van der Waals surface area contributed by atoms with Gasteiger partial charge in [0.1, 0.15) is 11.8 Å². The zero-order valence-corrected chi connectivity index (χ0v) is 11.7. The third-order valence-electron chi connectivity index (χ3n) is 3.08. The van der Waals surface area contributed by atoms with Crippen LogP contribution >= 0.6 is 0 Å². The van der Waals surface area contributed by atoms with E-state index in [4.69, 9.17) is 11.0 Å². The summed E-state index contributed by atoms with van der Waals surface area (Å²) in [5.41, 5.74) is 6.94. The Morgan fingerprint density at radius 3 is 3.00 bits per heavy atom. The van der Waals surface area contributed by atoms with Crippen molar-refractivity contribution in [2.24, 2.45) is 5.73 Å². The molecule has 0 aliphatic carbocycles. The second kappa shape index (κ2) is 6.63. The number of pyridine rings is 1. The van der Waals surface area contributed by atoms with Gasteiger partial charge in [0.25, 0.3) is 5.56 Å². The van der Waals surface area contributed by atoms with E-state index in [0.717, 1.165) is 0 Å². The summed E-state index contributed by atoms with van der Waals surface area (Å²) < 4.78 is 1.30. The largest absolute Gasteiger partial charge is 0.372 e. The maximum absolute atomic E-state index is 12.1. The van der Waals surface area contributed by atoms with Crippen LogP contribution in [0.4, 0.5) is 5.69 Å². The van der Waals surface area contributed by atoms with Crippen LogP contribution in [-0.4, -0.2) is 34.9 Å². The minimum absolute atomic E-state index is 0.219. The molecule has 0 saturated heterocycles. The van der Waals surface area contributed by atoms with E-state index in [-0.39, 0.29) is 12.1 Å². The first-order valence-corrected chi connectivity index (χ1v) is 6.48. The first-order chi connectivity index (χ1) is 10.2. The minimum atomic E-state index is -0.232. The highest BCUT2D eigenvalue weighted by atomic mass is 16.1. The first-order valence-electron chi connectivity index (χ1n) is 6.48. The summed E-state index contributed by atoms with van der Waals surface area (Å²) in [7, 11) is 1.85. The number of nitrogens with two attached hydrogens (primary N) is 1. The highest BCUT2D eigenvalue weighted by molar-refractivity contribution is 5.41. The Bertz CT molecular complexity index is 718. The maximum Gasteiger partial charge on any atom is 0.269 e. The van der Waals surface area contributed by atoms with Gasteiger partial charge in [-0.3, -0.25) is 4.79 Å². The number of nitriles is 1. The average Bonchev–Trinajstić information content (AvgIpc) is 2.50. The molecule has 0 aromatic carbocycles. The average molecular weight is 284 g/mol. The molecule has 7 heteroatoms. The van der Waals surface area contributed by atoms with Crippen LogP contribution < -0.4 is 16.2 Å². The van der Waals surface area contributed by atoms with Crippen molar-refractivity contribution >= 4 is 5.69 Å². The fourth-order valence-electron chi connectivity index (χ4n) is 1.90. The number of rotatable bonds is 5. The lowest BCUT2D eigenvalue weighted by molar-refractivity contribution is 0.634. The van der Waals surface area contributed by atoms with E-state index < -0.39 is 0 Å². The Morgan fingerprint density at radius 2 is 2.33 bits per heavy atom. The molecule has 21 heavy (non-hydrogen) atoms. The lowest BCUT2D eigenvalue weighted by Gasteiger charge is -2.17. The van der Waals surface area contributed by atoms with Gasteiger partial charge in [-0.1, -0.05) is 6.07 Å². The molecule has 0 fully saturated rings. The van der Waals surface area contributed by atoms with E-state index in [1.54, 1.807) is 24.5 Å². The van der Waals surface area contributed by atoms with Gasteiger partial charge in [-0.25, -0.2) is 9.67 Å². The zero-order chi connectivity index (χ0) is 15.2. The van der Waals surface area contributed by atoms with Gasteiger partial charge in [-0.2, -0.15) is 10.4 Å². The molecule has 2 rings (SSSR count). The smallest absolute Gasteiger partial charge is 0.269 e. The van der Waals surface area contributed by atoms with Gasteiger partial charge in [0.15, 0.2) is 0 Å². The van der Waals surface area contributed by atoms with Crippen LogP contribution in [0.5, 0.6) is 0 Å². The summed E-state index contributed by atoms with van der Waals surface area (Å²) in [4.78, 5) is 17.9. The van der Waals surface area contributed by atoms with Gasteiger partial charge in [-0.15, -0.1) is 0 Å². The molecule has 7 nitrogen and oxygen atoms in total. The normalized spacial score (nSPS) is 10.1. The maximum atomic E-state index is 12.1. The molecule has 0 bridgehead atoms. The molecule has 2 N–H and O–H groups in total. The van der Waals surface area contributed by atoms with Crippen molar-refractivity contribution in [1.82, 2.24) is 14.8 Å². The topological polar surface area (TPSA) is 101 Å². The fraction of sp³-hybridized carbons (Fsp3) is 0.286. The highest BCUT2D eigenvalue weighted by Crippen LogP contribution is 2.08. The summed E-state index contributed by atoms with van der Waals surface area (Å²) in [6, 6.07) is 7.00. The Hall–Kier alpha value is -2.72. The lowest BCUT2D eigenvalue weighted by atomic mass is 10.2. The zero-order valence-electron chi connectivity index (χ0n) is 11.7. The van der Waals surface area contributed by atoms with Crippen LogP contribution in [-0.2, 0) is 6.54 Å². The third-order valence-corrected chi connectivity index (χ3v) is 3.08. The SMILES string of the molecule is CN(CCN)c1cnn(Cc2cccnc2C#N)c(=O)c1. The molecule has 0 radical (unpaired) electrons. The molecular formula is C14H16N6O. The van der Waals surface area contributed by atoms with Crippen molar-refractivity contribution in [3.63, 3.8) is 0 Å². The van der Waals surface area contributed by atoms with Gasteiger partial charge in [0.2, 0.25) is 0 Å². The lowest BCUT2D eigenvalue weighted by Crippen LogP contribution is -2.29. The van der Waals surface area contributed by atoms with Gasteiger partial charge < -0.3 is 10.6 Å².